The maximum atomic E-state index is 5.76. The Kier molecular flexibility index (Phi) is 5.67. The molecule has 0 amide bonds. The van der Waals surface area contributed by atoms with Crippen molar-refractivity contribution in [2.24, 2.45) is 5.84 Å². The maximum absolute atomic E-state index is 5.76. The number of thioether (sulfide) groups is 1. The van der Waals surface area contributed by atoms with Crippen molar-refractivity contribution in [2.75, 3.05) is 12.9 Å². The third-order valence-electron chi connectivity index (χ3n) is 3.20. The molecule has 0 aliphatic heterocycles. The lowest BCUT2D eigenvalue weighted by Gasteiger charge is -2.20. The Labute approximate surface area is 129 Å². The SMILES string of the molecule is COc1cnn(C(C)C)c1C(CSc1ccccc1)NN. The van der Waals surface area contributed by atoms with Crippen molar-refractivity contribution in [3.05, 3.63) is 42.2 Å². The standard InChI is InChI=1S/C15H22N4OS/c1-11(2)19-15(14(20-3)9-17-19)13(18-16)10-21-12-7-5-4-6-8-12/h4-9,11,13,18H,10,16H2,1-3H3. The Hall–Kier alpha value is -1.50. The monoisotopic (exact) mass is 306 g/mol. The first-order chi connectivity index (χ1) is 10.2. The number of hydrogen-bond acceptors (Lipinski definition) is 5. The molecule has 2 rings (SSSR count). The fourth-order valence-corrected chi connectivity index (χ4v) is 3.12. The minimum Gasteiger partial charge on any atom is -0.493 e. The summed E-state index contributed by atoms with van der Waals surface area (Å²) in [5.74, 6) is 7.33. The van der Waals surface area contributed by atoms with Crippen LogP contribution in [0, 0.1) is 0 Å². The van der Waals surface area contributed by atoms with Gasteiger partial charge in [-0.3, -0.25) is 16.0 Å². The van der Waals surface area contributed by atoms with E-state index in [0.29, 0.717) is 0 Å². The molecule has 0 fully saturated rings. The van der Waals surface area contributed by atoms with Gasteiger partial charge in [0, 0.05) is 16.7 Å². The molecule has 0 bridgehead atoms. The molecule has 114 valence electrons. The highest BCUT2D eigenvalue weighted by Gasteiger charge is 2.22. The van der Waals surface area contributed by atoms with Crippen molar-refractivity contribution in [1.29, 1.82) is 0 Å². The first kappa shape index (κ1) is 15.9. The van der Waals surface area contributed by atoms with Gasteiger partial charge in [-0.2, -0.15) is 5.10 Å². The second-order valence-corrected chi connectivity index (χ2v) is 6.07. The first-order valence-corrected chi connectivity index (χ1v) is 7.91. The zero-order chi connectivity index (χ0) is 15.2. The van der Waals surface area contributed by atoms with Crippen molar-refractivity contribution < 1.29 is 4.74 Å². The van der Waals surface area contributed by atoms with Crippen LogP contribution >= 0.6 is 11.8 Å². The quantitative estimate of drug-likeness (QED) is 0.468. The number of ether oxygens (including phenoxy) is 1. The van der Waals surface area contributed by atoms with Crippen LogP contribution in [0.4, 0.5) is 0 Å². The van der Waals surface area contributed by atoms with E-state index in [-0.39, 0.29) is 12.1 Å². The van der Waals surface area contributed by atoms with Crippen LogP contribution in [-0.2, 0) is 0 Å². The number of nitrogens with zero attached hydrogens (tertiary/aromatic N) is 2. The molecular weight excluding hydrogens is 284 g/mol. The Balaban J connectivity index is 2.19. The van der Waals surface area contributed by atoms with Gasteiger partial charge < -0.3 is 4.74 Å². The number of benzene rings is 1. The van der Waals surface area contributed by atoms with Crippen LogP contribution in [0.15, 0.2) is 41.4 Å². The van der Waals surface area contributed by atoms with Crippen molar-refractivity contribution in [3.8, 4) is 5.75 Å². The molecule has 0 spiro atoms. The fraction of sp³-hybridized carbons (Fsp3) is 0.400. The number of hydrogen-bond donors (Lipinski definition) is 2. The van der Waals surface area contributed by atoms with E-state index in [1.165, 1.54) is 4.90 Å². The van der Waals surface area contributed by atoms with E-state index in [2.05, 4.69) is 36.5 Å². The van der Waals surface area contributed by atoms with Crippen LogP contribution in [0.1, 0.15) is 31.6 Å². The van der Waals surface area contributed by atoms with E-state index in [0.717, 1.165) is 17.2 Å². The zero-order valence-electron chi connectivity index (χ0n) is 12.6. The zero-order valence-corrected chi connectivity index (χ0v) is 13.4. The average molecular weight is 306 g/mol. The van der Waals surface area contributed by atoms with Gasteiger partial charge in [0.05, 0.1) is 25.0 Å². The molecule has 0 saturated carbocycles. The normalized spacial score (nSPS) is 12.6. The molecule has 0 radical (unpaired) electrons. The molecule has 1 atom stereocenters. The summed E-state index contributed by atoms with van der Waals surface area (Å²) in [6.45, 7) is 4.18. The van der Waals surface area contributed by atoms with E-state index in [1.807, 2.05) is 22.9 Å². The predicted octanol–water partition coefficient (Wildman–Crippen LogP) is 2.77. The number of methoxy groups -OCH3 is 1. The molecular formula is C15H22N4OS. The number of rotatable bonds is 7. The Morgan fingerprint density at radius 3 is 2.62 bits per heavy atom. The van der Waals surface area contributed by atoms with Crippen molar-refractivity contribution in [3.63, 3.8) is 0 Å². The van der Waals surface area contributed by atoms with Gasteiger partial charge in [-0.25, -0.2) is 0 Å². The smallest absolute Gasteiger partial charge is 0.161 e. The largest absolute Gasteiger partial charge is 0.493 e. The average Bonchev–Trinajstić information content (AvgIpc) is 2.93. The Morgan fingerprint density at radius 2 is 2.05 bits per heavy atom. The van der Waals surface area contributed by atoms with Gasteiger partial charge in [-0.1, -0.05) is 18.2 Å². The van der Waals surface area contributed by atoms with E-state index >= 15 is 0 Å². The van der Waals surface area contributed by atoms with Crippen molar-refractivity contribution in [2.45, 2.75) is 30.8 Å². The molecule has 6 heteroatoms. The third-order valence-corrected chi connectivity index (χ3v) is 4.30. The Bertz CT molecular complexity index is 556. The molecule has 0 aliphatic rings. The summed E-state index contributed by atoms with van der Waals surface area (Å²) >= 11 is 1.75. The minimum atomic E-state index is -0.0324. The topological polar surface area (TPSA) is 65.1 Å². The van der Waals surface area contributed by atoms with Gasteiger partial charge in [0.1, 0.15) is 0 Å². The summed E-state index contributed by atoms with van der Waals surface area (Å²) in [5, 5.41) is 4.40. The number of aromatic nitrogens is 2. The predicted molar refractivity (Wildman–Crippen MR) is 86.4 cm³/mol. The van der Waals surface area contributed by atoms with E-state index in [1.54, 1.807) is 25.1 Å². The number of nitrogens with one attached hydrogen (secondary N) is 1. The molecule has 1 aromatic heterocycles. The molecule has 3 N–H and O–H groups in total. The van der Waals surface area contributed by atoms with Gasteiger partial charge in [0.15, 0.2) is 5.75 Å². The Morgan fingerprint density at radius 1 is 1.33 bits per heavy atom. The van der Waals surface area contributed by atoms with Crippen LogP contribution in [0.25, 0.3) is 0 Å². The molecule has 1 unspecified atom stereocenters. The molecule has 5 nitrogen and oxygen atoms in total. The van der Waals surface area contributed by atoms with Gasteiger partial charge in [-0.05, 0) is 26.0 Å². The van der Waals surface area contributed by atoms with Crippen molar-refractivity contribution >= 4 is 11.8 Å². The second-order valence-electron chi connectivity index (χ2n) is 4.98. The minimum absolute atomic E-state index is 0.0324. The van der Waals surface area contributed by atoms with Gasteiger partial charge in [0.25, 0.3) is 0 Å². The maximum Gasteiger partial charge on any atom is 0.161 e. The van der Waals surface area contributed by atoms with E-state index in [4.69, 9.17) is 10.6 Å². The fourth-order valence-electron chi connectivity index (χ4n) is 2.16. The summed E-state index contributed by atoms with van der Waals surface area (Å²) in [7, 11) is 1.66. The number of nitrogens with two attached hydrogens (primary N) is 1. The van der Waals surface area contributed by atoms with Gasteiger partial charge in [0.2, 0.25) is 0 Å². The highest BCUT2D eigenvalue weighted by molar-refractivity contribution is 7.99. The molecule has 21 heavy (non-hydrogen) atoms. The van der Waals surface area contributed by atoms with Crippen LogP contribution in [0.5, 0.6) is 5.75 Å². The summed E-state index contributed by atoms with van der Waals surface area (Å²) in [4.78, 5) is 1.22. The number of hydrazine groups is 1. The van der Waals surface area contributed by atoms with Crippen LogP contribution in [-0.4, -0.2) is 22.6 Å². The van der Waals surface area contributed by atoms with Crippen LogP contribution in [0.2, 0.25) is 0 Å². The second kappa shape index (κ2) is 7.49. The third kappa shape index (κ3) is 3.78. The van der Waals surface area contributed by atoms with E-state index in [9.17, 15) is 0 Å². The lowest BCUT2D eigenvalue weighted by atomic mass is 10.2. The summed E-state index contributed by atoms with van der Waals surface area (Å²) < 4.78 is 7.38. The van der Waals surface area contributed by atoms with Gasteiger partial charge >= 0.3 is 0 Å². The summed E-state index contributed by atoms with van der Waals surface area (Å²) in [6, 6.07) is 10.5. The molecule has 0 saturated heterocycles. The molecule has 1 aromatic carbocycles. The first-order valence-electron chi connectivity index (χ1n) is 6.92. The van der Waals surface area contributed by atoms with Crippen LogP contribution < -0.4 is 16.0 Å². The lowest BCUT2D eigenvalue weighted by Crippen LogP contribution is -2.32. The van der Waals surface area contributed by atoms with Gasteiger partial charge in [-0.15, -0.1) is 11.8 Å². The lowest BCUT2D eigenvalue weighted by molar-refractivity contribution is 0.391. The molecule has 0 aliphatic carbocycles. The summed E-state index contributed by atoms with van der Waals surface area (Å²) in [5.41, 5.74) is 3.87. The molecule has 1 heterocycles. The van der Waals surface area contributed by atoms with E-state index < -0.39 is 0 Å². The van der Waals surface area contributed by atoms with Crippen LogP contribution in [0.3, 0.4) is 0 Å². The highest BCUT2D eigenvalue weighted by Crippen LogP contribution is 2.31. The highest BCUT2D eigenvalue weighted by atomic mass is 32.2. The summed E-state index contributed by atoms with van der Waals surface area (Å²) in [6.07, 6.45) is 1.74. The molecule has 2 aromatic rings. The van der Waals surface area contributed by atoms with Crippen molar-refractivity contribution in [1.82, 2.24) is 15.2 Å².